The summed E-state index contributed by atoms with van der Waals surface area (Å²) >= 11 is 5.12. The number of aliphatic hydroxyl groups excluding tert-OH is 1. The minimum atomic E-state index is -0.0397. The quantitative estimate of drug-likeness (QED) is 0.755. The summed E-state index contributed by atoms with van der Waals surface area (Å²) < 4.78 is 0.921. The van der Waals surface area contributed by atoms with E-state index in [2.05, 4.69) is 21.2 Å². The highest BCUT2D eigenvalue weighted by Gasteiger charge is 2.06. The molecule has 5 heteroatoms. The maximum absolute atomic E-state index is 11.9. The maximum atomic E-state index is 11.9. The molecule has 0 aliphatic carbocycles. The number of hydrogen-bond donors (Lipinski definition) is 2. The van der Waals surface area contributed by atoms with E-state index in [4.69, 9.17) is 5.11 Å². The molecular weight excluding hydrogens is 314 g/mol. The Kier molecular flexibility index (Phi) is 7.39. The second kappa shape index (κ2) is 8.56. The molecule has 0 aliphatic heterocycles. The number of amides is 1. The Morgan fingerprint density at radius 2 is 2.17 bits per heavy atom. The Hall–Kier alpha value is -0.520. The molecule has 0 radical (unpaired) electrons. The minimum Gasteiger partial charge on any atom is -0.396 e. The molecule has 0 aliphatic rings. The number of halogens is 1. The van der Waals surface area contributed by atoms with Gasteiger partial charge in [-0.15, -0.1) is 0 Å². The normalized spacial score (nSPS) is 10.4. The van der Waals surface area contributed by atoms with Crippen molar-refractivity contribution in [2.24, 2.45) is 0 Å². The van der Waals surface area contributed by atoms with E-state index in [1.165, 1.54) is 0 Å². The first-order valence-corrected chi connectivity index (χ1v) is 7.82. The molecule has 1 aromatic rings. The molecule has 0 saturated carbocycles. The van der Waals surface area contributed by atoms with Crippen LogP contribution in [0.3, 0.4) is 0 Å². The minimum absolute atomic E-state index is 0.0397. The molecule has 0 aromatic heterocycles. The number of carbonyl (C=O) groups is 1. The summed E-state index contributed by atoms with van der Waals surface area (Å²) in [6, 6.07) is 5.67. The molecule has 100 valence electrons. The predicted molar refractivity (Wildman–Crippen MR) is 80.2 cm³/mol. The molecule has 2 N–H and O–H groups in total. The van der Waals surface area contributed by atoms with Crippen molar-refractivity contribution >= 4 is 33.6 Å². The monoisotopic (exact) mass is 331 g/mol. The van der Waals surface area contributed by atoms with Crippen molar-refractivity contribution < 1.29 is 9.90 Å². The van der Waals surface area contributed by atoms with Crippen molar-refractivity contribution in [2.45, 2.75) is 13.3 Å². The average molecular weight is 332 g/mol. The number of thioether (sulfide) groups is 1. The van der Waals surface area contributed by atoms with Gasteiger partial charge in [0.2, 0.25) is 0 Å². The largest absolute Gasteiger partial charge is 0.396 e. The van der Waals surface area contributed by atoms with Crippen molar-refractivity contribution in [2.75, 3.05) is 24.7 Å². The van der Waals surface area contributed by atoms with Crippen LogP contribution in [0.25, 0.3) is 0 Å². The lowest BCUT2D eigenvalue weighted by molar-refractivity contribution is 0.0956. The van der Waals surface area contributed by atoms with E-state index in [9.17, 15) is 4.79 Å². The summed E-state index contributed by atoms with van der Waals surface area (Å²) in [4.78, 5) is 11.9. The highest BCUT2D eigenvalue weighted by atomic mass is 79.9. The first kappa shape index (κ1) is 15.5. The molecule has 1 rings (SSSR count). The third kappa shape index (κ3) is 5.89. The fourth-order valence-corrected chi connectivity index (χ4v) is 2.87. The van der Waals surface area contributed by atoms with Crippen LogP contribution in [0.5, 0.6) is 0 Å². The van der Waals surface area contributed by atoms with Gasteiger partial charge in [-0.25, -0.2) is 0 Å². The van der Waals surface area contributed by atoms with E-state index < -0.39 is 0 Å². The lowest BCUT2D eigenvalue weighted by atomic mass is 10.1. The van der Waals surface area contributed by atoms with Gasteiger partial charge in [-0.05, 0) is 42.9 Å². The zero-order valence-corrected chi connectivity index (χ0v) is 12.8. The smallest absolute Gasteiger partial charge is 0.251 e. The summed E-state index contributed by atoms with van der Waals surface area (Å²) in [5.74, 6) is 1.77. The van der Waals surface area contributed by atoms with Crippen molar-refractivity contribution in [1.29, 1.82) is 0 Å². The van der Waals surface area contributed by atoms with E-state index in [1.807, 2.05) is 25.1 Å². The second-order valence-electron chi connectivity index (χ2n) is 3.96. The Morgan fingerprint density at radius 3 is 2.83 bits per heavy atom. The van der Waals surface area contributed by atoms with Gasteiger partial charge in [0.05, 0.1) is 0 Å². The van der Waals surface area contributed by atoms with Crippen LogP contribution in [0, 0.1) is 6.92 Å². The van der Waals surface area contributed by atoms with Gasteiger partial charge in [-0.2, -0.15) is 11.8 Å². The fraction of sp³-hybridized carbons (Fsp3) is 0.462. The molecule has 0 spiro atoms. The van der Waals surface area contributed by atoms with Gasteiger partial charge in [0.1, 0.15) is 0 Å². The molecule has 0 bridgehead atoms. The lowest BCUT2D eigenvalue weighted by Crippen LogP contribution is -2.25. The van der Waals surface area contributed by atoms with Gasteiger partial charge in [-0.3, -0.25) is 4.79 Å². The summed E-state index contributed by atoms with van der Waals surface area (Å²) in [5, 5.41) is 11.5. The first-order chi connectivity index (χ1) is 8.63. The number of aryl methyl sites for hydroxylation is 1. The van der Waals surface area contributed by atoms with Crippen LogP contribution in [0.1, 0.15) is 22.3 Å². The fourth-order valence-electron chi connectivity index (χ4n) is 1.47. The van der Waals surface area contributed by atoms with E-state index in [-0.39, 0.29) is 12.5 Å². The molecule has 1 aromatic carbocycles. The summed E-state index contributed by atoms with van der Waals surface area (Å²) in [5.41, 5.74) is 1.74. The Balaban J connectivity index is 2.32. The molecule has 1 amide bonds. The van der Waals surface area contributed by atoms with Crippen LogP contribution in [-0.4, -0.2) is 35.7 Å². The third-order valence-corrected chi connectivity index (χ3v) is 3.81. The standard InChI is InChI=1S/C13H18BrNO2S/c1-10-7-11(9-12(14)8-10)13(17)15-3-6-18-5-2-4-16/h7-9,16H,2-6H2,1H3,(H,15,17). The predicted octanol–water partition coefficient (Wildman–Crippen LogP) is 2.60. The Bertz CT molecular complexity index is 378. The zero-order valence-electron chi connectivity index (χ0n) is 10.4. The summed E-state index contributed by atoms with van der Waals surface area (Å²) in [6.45, 7) is 2.85. The second-order valence-corrected chi connectivity index (χ2v) is 6.10. The van der Waals surface area contributed by atoms with Crippen LogP contribution in [-0.2, 0) is 0 Å². The van der Waals surface area contributed by atoms with Crippen molar-refractivity contribution in [1.82, 2.24) is 5.32 Å². The first-order valence-electron chi connectivity index (χ1n) is 5.87. The van der Waals surface area contributed by atoms with Crippen LogP contribution in [0.2, 0.25) is 0 Å². The number of hydrogen-bond acceptors (Lipinski definition) is 3. The van der Waals surface area contributed by atoms with Gasteiger partial charge in [0.25, 0.3) is 5.91 Å². The highest BCUT2D eigenvalue weighted by molar-refractivity contribution is 9.10. The Labute approximate surface area is 120 Å². The number of benzene rings is 1. The van der Waals surface area contributed by atoms with Crippen LogP contribution < -0.4 is 5.32 Å². The van der Waals surface area contributed by atoms with Crippen molar-refractivity contribution in [3.63, 3.8) is 0 Å². The molecule has 0 atom stereocenters. The Morgan fingerprint density at radius 1 is 1.39 bits per heavy atom. The highest BCUT2D eigenvalue weighted by Crippen LogP contribution is 2.15. The van der Waals surface area contributed by atoms with Crippen molar-refractivity contribution in [3.05, 3.63) is 33.8 Å². The molecule has 0 unspecified atom stereocenters. The molecule has 0 saturated heterocycles. The molecule has 0 fully saturated rings. The summed E-state index contributed by atoms with van der Waals surface area (Å²) in [7, 11) is 0. The number of aliphatic hydroxyl groups is 1. The summed E-state index contributed by atoms with van der Waals surface area (Å²) in [6.07, 6.45) is 0.809. The lowest BCUT2D eigenvalue weighted by Gasteiger charge is -2.06. The van der Waals surface area contributed by atoms with Gasteiger partial charge in [-0.1, -0.05) is 15.9 Å². The van der Waals surface area contributed by atoms with Crippen molar-refractivity contribution in [3.8, 4) is 0 Å². The third-order valence-electron chi connectivity index (χ3n) is 2.28. The number of rotatable bonds is 7. The zero-order chi connectivity index (χ0) is 13.4. The maximum Gasteiger partial charge on any atom is 0.251 e. The molecule has 3 nitrogen and oxygen atoms in total. The van der Waals surface area contributed by atoms with Gasteiger partial charge < -0.3 is 10.4 Å². The van der Waals surface area contributed by atoms with E-state index >= 15 is 0 Å². The van der Waals surface area contributed by atoms with E-state index in [1.54, 1.807) is 11.8 Å². The topological polar surface area (TPSA) is 49.3 Å². The van der Waals surface area contributed by atoms with Crippen LogP contribution in [0.4, 0.5) is 0 Å². The van der Waals surface area contributed by atoms with E-state index in [0.29, 0.717) is 12.1 Å². The number of nitrogens with one attached hydrogen (secondary N) is 1. The van der Waals surface area contributed by atoms with Gasteiger partial charge in [0.15, 0.2) is 0 Å². The molecular formula is C13H18BrNO2S. The van der Waals surface area contributed by atoms with Crippen LogP contribution >= 0.6 is 27.7 Å². The van der Waals surface area contributed by atoms with E-state index in [0.717, 1.165) is 28.0 Å². The van der Waals surface area contributed by atoms with Gasteiger partial charge in [0, 0.05) is 28.9 Å². The molecule has 0 heterocycles. The van der Waals surface area contributed by atoms with Gasteiger partial charge >= 0.3 is 0 Å². The molecule has 18 heavy (non-hydrogen) atoms. The van der Waals surface area contributed by atoms with Crippen LogP contribution in [0.15, 0.2) is 22.7 Å². The average Bonchev–Trinajstić information content (AvgIpc) is 2.32. The number of carbonyl (C=O) groups excluding carboxylic acids is 1. The SMILES string of the molecule is Cc1cc(Br)cc(C(=O)NCCSCCCO)c1.